The highest BCUT2D eigenvalue weighted by molar-refractivity contribution is 5.76. The maximum absolute atomic E-state index is 12.7. The summed E-state index contributed by atoms with van der Waals surface area (Å²) in [6.07, 6.45) is 1.38. The first-order valence-corrected chi connectivity index (χ1v) is 6.43. The number of ether oxygens (including phenoxy) is 1. The van der Waals surface area contributed by atoms with Crippen LogP contribution in [0.1, 0.15) is 18.4 Å². The normalized spacial score (nSPS) is 10.4. The van der Waals surface area contributed by atoms with E-state index >= 15 is 0 Å². The highest BCUT2D eigenvalue weighted by Crippen LogP contribution is 2.01. The van der Waals surface area contributed by atoms with E-state index in [-0.39, 0.29) is 11.7 Å². The summed E-state index contributed by atoms with van der Waals surface area (Å²) < 4.78 is 17.6. The Labute approximate surface area is 113 Å². The summed E-state index contributed by atoms with van der Waals surface area (Å²) in [6.45, 7) is 2.66. The molecule has 1 amide bonds. The van der Waals surface area contributed by atoms with E-state index in [1.807, 2.05) is 0 Å². The van der Waals surface area contributed by atoms with E-state index in [9.17, 15) is 9.18 Å². The van der Waals surface area contributed by atoms with Crippen molar-refractivity contribution in [3.05, 3.63) is 35.6 Å². The summed E-state index contributed by atoms with van der Waals surface area (Å²) >= 11 is 0. The molecule has 5 heteroatoms. The average molecular weight is 268 g/mol. The number of hydrogen-bond acceptors (Lipinski definition) is 3. The van der Waals surface area contributed by atoms with Gasteiger partial charge in [-0.05, 0) is 30.7 Å². The molecule has 19 heavy (non-hydrogen) atoms. The molecular formula is C14H21FN2O2. The molecule has 0 spiro atoms. The smallest absolute Gasteiger partial charge is 0.221 e. The van der Waals surface area contributed by atoms with Crippen LogP contribution >= 0.6 is 0 Å². The molecule has 0 saturated heterocycles. The lowest BCUT2D eigenvalue weighted by molar-refractivity contribution is -0.121. The predicted molar refractivity (Wildman–Crippen MR) is 72.2 cm³/mol. The molecule has 0 fully saturated rings. The van der Waals surface area contributed by atoms with Crippen LogP contribution in [-0.2, 0) is 16.1 Å². The molecule has 0 heterocycles. The average Bonchev–Trinajstić information content (AvgIpc) is 2.42. The van der Waals surface area contributed by atoms with E-state index in [0.29, 0.717) is 19.5 Å². The minimum Gasteiger partial charge on any atom is -0.385 e. The molecule has 1 rings (SSSR count). The number of amides is 1. The Morgan fingerprint density at radius 1 is 1.26 bits per heavy atom. The van der Waals surface area contributed by atoms with Gasteiger partial charge in [-0.1, -0.05) is 12.1 Å². The van der Waals surface area contributed by atoms with Crippen molar-refractivity contribution >= 4 is 5.91 Å². The number of carbonyl (C=O) groups excluding carboxylic acids is 1. The lowest BCUT2D eigenvalue weighted by atomic mass is 10.2. The maximum atomic E-state index is 12.7. The number of rotatable bonds is 9. The van der Waals surface area contributed by atoms with E-state index < -0.39 is 0 Å². The number of hydrogen-bond donors (Lipinski definition) is 2. The number of halogens is 1. The zero-order valence-electron chi connectivity index (χ0n) is 11.2. The molecule has 106 valence electrons. The Morgan fingerprint density at radius 2 is 2.00 bits per heavy atom. The molecule has 0 atom stereocenters. The zero-order valence-corrected chi connectivity index (χ0v) is 11.2. The van der Waals surface area contributed by atoms with Crippen molar-refractivity contribution in [2.75, 3.05) is 26.8 Å². The molecule has 0 unspecified atom stereocenters. The Morgan fingerprint density at radius 3 is 2.68 bits per heavy atom. The van der Waals surface area contributed by atoms with Gasteiger partial charge in [0.25, 0.3) is 0 Å². The molecule has 0 radical (unpaired) electrons. The molecule has 2 N–H and O–H groups in total. The van der Waals surface area contributed by atoms with Gasteiger partial charge < -0.3 is 15.4 Å². The van der Waals surface area contributed by atoms with Crippen LogP contribution < -0.4 is 10.6 Å². The molecule has 0 aromatic heterocycles. The van der Waals surface area contributed by atoms with Gasteiger partial charge in [0.2, 0.25) is 5.91 Å². The maximum Gasteiger partial charge on any atom is 0.221 e. The van der Waals surface area contributed by atoms with Crippen LogP contribution in [0.5, 0.6) is 0 Å². The molecule has 4 nitrogen and oxygen atoms in total. The first-order chi connectivity index (χ1) is 9.22. The van der Waals surface area contributed by atoms with Crippen LogP contribution in [0.3, 0.4) is 0 Å². The molecule has 0 bridgehead atoms. The third kappa shape index (κ3) is 7.54. The fraction of sp³-hybridized carbons (Fsp3) is 0.500. The first-order valence-electron chi connectivity index (χ1n) is 6.43. The topological polar surface area (TPSA) is 50.4 Å². The van der Waals surface area contributed by atoms with Crippen molar-refractivity contribution in [1.82, 2.24) is 10.6 Å². The van der Waals surface area contributed by atoms with Gasteiger partial charge in [-0.25, -0.2) is 4.39 Å². The quantitative estimate of drug-likeness (QED) is 0.667. The summed E-state index contributed by atoms with van der Waals surface area (Å²) in [6, 6.07) is 6.11. The molecular weight excluding hydrogens is 247 g/mol. The second-order valence-electron chi connectivity index (χ2n) is 4.25. The highest BCUT2D eigenvalue weighted by Gasteiger charge is 2.01. The summed E-state index contributed by atoms with van der Waals surface area (Å²) in [5.74, 6) is -0.279. The fourth-order valence-corrected chi connectivity index (χ4v) is 1.56. The van der Waals surface area contributed by atoms with Crippen LogP contribution in [0.15, 0.2) is 24.3 Å². The zero-order chi connectivity index (χ0) is 13.9. The van der Waals surface area contributed by atoms with Gasteiger partial charge in [0.05, 0.1) is 0 Å². The second kappa shape index (κ2) is 9.47. The minimum atomic E-state index is -0.268. The second-order valence-corrected chi connectivity index (χ2v) is 4.25. The molecule has 0 aliphatic carbocycles. The van der Waals surface area contributed by atoms with E-state index in [1.165, 1.54) is 12.1 Å². The SMILES string of the molecule is COCCCNCCC(=O)NCc1ccc(F)cc1. The van der Waals surface area contributed by atoms with E-state index in [0.717, 1.165) is 25.1 Å². The van der Waals surface area contributed by atoms with E-state index in [1.54, 1.807) is 19.2 Å². The summed E-state index contributed by atoms with van der Waals surface area (Å²) in [4.78, 5) is 11.5. The lowest BCUT2D eigenvalue weighted by Crippen LogP contribution is -2.28. The number of methoxy groups -OCH3 is 1. The van der Waals surface area contributed by atoms with Gasteiger partial charge in [0.15, 0.2) is 0 Å². The van der Waals surface area contributed by atoms with Crippen molar-refractivity contribution in [2.45, 2.75) is 19.4 Å². The van der Waals surface area contributed by atoms with Crippen molar-refractivity contribution in [2.24, 2.45) is 0 Å². The number of benzene rings is 1. The van der Waals surface area contributed by atoms with Crippen molar-refractivity contribution in [3.8, 4) is 0 Å². The Balaban J connectivity index is 2.06. The molecule has 0 saturated carbocycles. The summed E-state index contributed by atoms with van der Waals surface area (Å²) in [7, 11) is 1.67. The monoisotopic (exact) mass is 268 g/mol. The summed E-state index contributed by atoms with van der Waals surface area (Å²) in [5.41, 5.74) is 0.891. The van der Waals surface area contributed by atoms with Crippen LogP contribution in [0.25, 0.3) is 0 Å². The largest absolute Gasteiger partial charge is 0.385 e. The number of carbonyl (C=O) groups is 1. The molecule has 0 aliphatic rings. The third-order valence-corrected chi connectivity index (χ3v) is 2.63. The van der Waals surface area contributed by atoms with Crippen LogP contribution in [0.4, 0.5) is 4.39 Å². The van der Waals surface area contributed by atoms with Gasteiger partial charge in [-0.2, -0.15) is 0 Å². The van der Waals surface area contributed by atoms with Crippen molar-refractivity contribution in [3.63, 3.8) is 0 Å². The molecule has 1 aromatic rings. The highest BCUT2D eigenvalue weighted by atomic mass is 19.1. The predicted octanol–water partition coefficient (Wildman–Crippen LogP) is 1.46. The fourth-order valence-electron chi connectivity index (χ4n) is 1.56. The Hall–Kier alpha value is -1.46. The minimum absolute atomic E-state index is 0.0106. The van der Waals surface area contributed by atoms with Crippen LogP contribution in [0.2, 0.25) is 0 Å². The van der Waals surface area contributed by atoms with Gasteiger partial charge >= 0.3 is 0 Å². The van der Waals surface area contributed by atoms with E-state index in [2.05, 4.69) is 10.6 Å². The number of nitrogens with one attached hydrogen (secondary N) is 2. The van der Waals surface area contributed by atoms with Gasteiger partial charge in [-0.3, -0.25) is 4.79 Å². The first kappa shape index (κ1) is 15.6. The van der Waals surface area contributed by atoms with Gasteiger partial charge in [-0.15, -0.1) is 0 Å². The van der Waals surface area contributed by atoms with Gasteiger partial charge in [0.1, 0.15) is 5.82 Å². The van der Waals surface area contributed by atoms with Crippen LogP contribution in [-0.4, -0.2) is 32.7 Å². The summed E-state index contributed by atoms with van der Waals surface area (Å²) in [5, 5.41) is 5.96. The van der Waals surface area contributed by atoms with Gasteiger partial charge in [0, 0.05) is 33.2 Å². The Kier molecular flexibility index (Phi) is 7.77. The lowest BCUT2D eigenvalue weighted by Gasteiger charge is -2.06. The van der Waals surface area contributed by atoms with Crippen LogP contribution in [0, 0.1) is 5.82 Å². The third-order valence-electron chi connectivity index (χ3n) is 2.63. The molecule has 1 aromatic carbocycles. The van der Waals surface area contributed by atoms with E-state index in [4.69, 9.17) is 4.74 Å². The molecule has 0 aliphatic heterocycles. The Bertz CT molecular complexity index is 368. The standard InChI is InChI=1S/C14H21FN2O2/c1-19-10-2-8-16-9-7-14(18)17-11-12-3-5-13(15)6-4-12/h3-6,16H,2,7-11H2,1H3,(H,17,18). The van der Waals surface area contributed by atoms with Crippen molar-refractivity contribution in [1.29, 1.82) is 0 Å². The van der Waals surface area contributed by atoms with Crippen molar-refractivity contribution < 1.29 is 13.9 Å².